The van der Waals surface area contributed by atoms with Crippen molar-refractivity contribution in [3.05, 3.63) is 47.6 Å². The molecule has 2 N–H and O–H groups in total. The SMILES string of the molecule is Cn1c(=O)[nH]c(=O)c2[nH]c(-c3cc(Cl)ccc3I)nc21. The van der Waals surface area contributed by atoms with Crippen molar-refractivity contribution in [2.75, 3.05) is 0 Å². The molecule has 0 aliphatic carbocycles. The van der Waals surface area contributed by atoms with Crippen LogP contribution >= 0.6 is 34.2 Å². The van der Waals surface area contributed by atoms with Gasteiger partial charge in [0.15, 0.2) is 5.65 Å². The van der Waals surface area contributed by atoms with Crippen molar-refractivity contribution in [1.29, 1.82) is 0 Å². The lowest BCUT2D eigenvalue weighted by atomic mass is 10.2. The van der Waals surface area contributed by atoms with E-state index in [1.54, 1.807) is 19.2 Å². The molecule has 2 aromatic heterocycles. The van der Waals surface area contributed by atoms with E-state index in [9.17, 15) is 9.59 Å². The number of halogens is 2. The monoisotopic (exact) mass is 402 g/mol. The number of hydrogen-bond donors (Lipinski definition) is 2. The first-order valence-electron chi connectivity index (χ1n) is 5.62. The Kier molecular flexibility index (Phi) is 3.17. The van der Waals surface area contributed by atoms with Gasteiger partial charge in [-0.1, -0.05) is 11.6 Å². The fraction of sp³-hybridized carbons (Fsp3) is 0.0833. The maximum atomic E-state index is 11.8. The van der Waals surface area contributed by atoms with Crippen molar-refractivity contribution in [3.8, 4) is 11.4 Å². The summed E-state index contributed by atoms with van der Waals surface area (Å²) >= 11 is 8.14. The van der Waals surface area contributed by atoms with Crippen molar-refractivity contribution < 1.29 is 0 Å². The van der Waals surface area contributed by atoms with Crippen molar-refractivity contribution in [2.45, 2.75) is 0 Å². The van der Waals surface area contributed by atoms with Crippen molar-refractivity contribution in [1.82, 2.24) is 19.5 Å². The number of H-pyrrole nitrogens is 2. The quantitative estimate of drug-likeness (QED) is 0.610. The summed E-state index contributed by atoms with van der Waals surface area (Å²) < 4.78 is 2.22. The molecule has 0 aliphatic rings. The summed E-state index contributed by atoms with van der Waals surface area (Å²) in [6.07, 6.45) is 0. The van der Waals surface area contributed by atoms with E-state index in [2.05, 4.69) is 37.5 Å². The zero-order valence-electron chi connectivity index (χ0n) is 10.2. The zero-order valence-corrected chi connectivity index (χ0v) is 13.1. The number of rotatable bonds is 1. The van der Waals surface area contributed by atoms with Crippen LogP contribution in [0.1, 0.15) is 0 Å². The molecule has 0 saturated carbocycles. The van der Waals surface area contributed by atoms with Gasteiger partial charge in [-0.3, -0.25) is 14.3 Å². The Hall–Kier alpha value is -1.61. The van der Waals surface area contributed by atoms with Crippen LogP contribution in [0.4, 0.5) is 0 Å². The van der Waals surface area contributed by atoms with E-state index < -0.39 is 11.2 Å². The van der Waals surface area contributed by atoms with Gasteiger partial charge in [0.05, 0.1) is 0 Å². The number of imidazole rings is 1. The molecule has 0 fully saturated rings. The Labute approximate surface area is 131 Å². The summed E-state index contributed by atoms with van der Waals surface area (Å²) in [5.41, 5.74) is 0.365. The average Bonchev–Trinajstić information content (AvgIpc) is 2.84. The maximum absolute atomic E-state index is 11.8. The third kappa shape index (κ3) is 2.06. The first-order valence-corrected chi connectivity index (χ1v) is 7.07. The van der Waals surface area contributed by atoms with Crippen LogP contribution in [-0.4, -0.2) is 19.5 Å². The Morgan fingerprint density at radius 3 is 2.80 bits per heavy atom. The molecule has 0 unspecified atom stereocenters. The highest BCUT2D eigenvalue weighted by molar-refractivity contribution is 14.1. The molecule has 0 saturated heterocycles. The molecule has 102 valence electrons. The molecule has 1 aromatic carbocycles. The van der Waals surface area contributed by atoms with Gasteiger partial charge < -0.3 is 4.98 Å². The second kappa shape index (κ2) is 4.74. The van der Waals surface area contributed by atoms with Gasteiger partial charge in [-0.25, -0.2) is 9.78 Å². The van der Waals surface area contributed by atoms with Crippen LogP contribution in [0.15, 0.2) is 27.8 Å². The Morgan fingerprint density at radius 2 is 2.05 bits per heavy atom. The Morgan fingerprint density at radius 1 is 1.30 bits per heavy atom. The first-order chi connectivity index (χ1) is 9.47. The van der Waals surface area contributed by atoms with Gasteiger partial charge in [-0.05, 0) is 40.8 Å². The second-order valence-corrected chi connectivity index (χ2v) is 5.83. The predicted octanol–water partition coefficient (Wildman–Crippen LogP) is 1.87. The summed E-state index contributed by atoms with van der Waals surface area (Å²) in [4.78, 5) is 32.8. The molecule has 2 heterocycles. The minimum Gasteiger partial charge on any atom is -0.332 e. The molecule has 0 atom stereocenters. The molecule has 0 spiro atoms. The topological polar surface area (TPSA) is 83.5 Å². The van der Waals surface area contributed by atoms with Crippen molar-refractivity contribution in [3.63, 3.8) is 0 Å². The molecule has 6 nitrogen and oxygen atoms in total. The second-order valence-electron chi connectivity index (χ2n) is 4.23. The molecule has 20 heavy (non-hydrogen) atoms. The molecule has 0 aliphatic heterocycles. The van der Waals surface area contributed by atoms with Crippen LogP contribution in [0.2, 0.25) is 5.02 Å². The lowest BCUT2D eigenvalue weighted by Crippen LogP contribution is -2.28. The fourth-order valence-corrected chi connectivity index (χ4v) is 2.67. The zero-order chi connectivity index (χ0) is 14.4. The van der Waals surface area contributed by atoms with E-state index in [4.69, 9.17) is 11.6 Å². The van der Waals surface area contributed by atoms with Crippen LogP contribution in [-0.2, 0) is 7.05 Å². The molecular weight excluding hydrogens is 395 g/mol. The number of aromatic nitrogens is 4. The summed E-state index contributed by atoms with van der Waals surface area (Å²) in [7, 11) is 1.55. The Bertz CT molecular complexity index is 941. The van der Waals surface area contributed by atoms with Crippen molar-refractivity contribution >= 4 is 45.4 Å². The predicted molar refractivity (Wildman–Crippen MR) is 85.1 cm³/mol. The van der Waals surface area contributed by atoms with Crippen LogP contribution < -0.4 is 11.2 Å². The minimum absolute atomic E-state index is 0.262. The standard InChI is InChI=1S/C12H8ClIN4O2/c1-18-10-8(11(19)17-12(18)20)15-9(16-10)6-4-5(13)2-3-7(6)14/h2-4H,1H3,(H,15,16)(H,17,19,20). The summed E-state index contributed by atoms with van der Waals surface area (Å²) in [5, 5.41) is 0.573. The number of fused-ring (bicyclic) bond motifs is 1. The number of nitrogens with one attached hydrogen (secondary N) is 2. The highest BCUT2D eigenvalue weighted by Gasteiger charge is 2.14. The number of aromatic amines is 2. The van der Waals surface area contributed by atoms with E-state index in [0.29, 0.717) is 16.5 Å². The average molecular weight is 403 g/mol. The van der Waals surface area contributed by atoms with Crippen LogP contribution in [0.5, 0.6) is 0 Å². The molecular formula is C12H8ClIN4O2. The molecule has 0 bridgehead atoms. The van der Waals surface area contributed by atoms with Gasteiger partial charge in [0.25, 0.3) is 5.56 Å². The Balaban J connectivity index is 2.37. The molecule has 0 radical (unpaired) electrons. The third-order valence-corrected chi connectivity index (χ3v) is 4.11. The fourth-order valence-electron chi connectivity index (χ4n) is 1.91. The highest BCUT2D eigenvalue weighted by atomic mass is 127. The van der Waals surface area contributed by atoms with Gasteiger partial charge in [-0.2, -0.15) is 0 Å². The number of hydrogen-bond acceptors (Lipinski definition) is 3. The summed E-state index contributed by atoms with van der Waals surface area (Å²) in [6.45, 7) is 0. The maximum Gasteiger partial charge on any atom is 0.329 e. The first kappa shape index (κ1) is 13.4. The number of aryl methyl sites for hydroxylation is 1. The van der Waals surface area contributed by atoms with Gasteiger partial charge in [0.1, 0.15) is 11.3 Å². The highest BCUT2D eigenvalue weighted by Crippen LogP contribution is 2.26. The number of nitrogens with zero attached hydrogens (tertiary/aromatic N) is 2. The van der Waals surface area contributed by atoms with E-state index in [1.165, 1.54) is 4.57 Å². The summed E-state index contributed by atoms with van der Waals surface area (Å²) in [6, 6.07) is 5.39. The van der Waals surface area contributed by atoms with Crippen molar-refractivity contribution in [2.24, 2.45) is 7.05 Å². The summed E-state index contributed by atoms with van der Waals surface area (Å²) in [5.74, 6) is 0.499. The largest absolute Gasteiger partial charge is 0.332 e. The van der Waals surface area contributed by atoms with Gasteiger partial charge in [0, 0.05) is 21.2 Å². The van der Waals surface area contributed by atoms with Crippen LogP contribution in [0.25, 0.3) is 22.6 Å². The van der Waals surface area contributed by atoms with Gasteiger partial charge >= 0.3 is 5.69 Å². The lowest BCUT2D eigenvalue weighted by Gasteiger charge is -2.00. The molecule has 0 amide bonds. The van der Waals surface area contributed by atoms with Gasteiger partial charge in [-0.15, -0.1) is 0 Å². The minimum atomic E-state index is -0.499. The third-order valence-electron chi connectivity index (χ3n) is 2.94. The molecule has 3 rings (SSSR count). The van der Waals surface area contributed by atoms with E-state index in [0.717, 1.165) is 9.13 Å². The smallest absolute Gasteiger partial charge is 0.329 e. The van der Waals surface area contributed by atoms with Gasteiger partial charge in [0.2, 0.25) is 0 Å². The molecule has 3 aromatic rings. The molecule has 8 heteroatoms. The van der Waals surface area contributed by atoms with E-state index in [1.807, 2.05) is 6.07 Å². The van der Waals surface area contributed by atoms with Crippen LogP contribution in [0.3, 0.4) is 0 Å². The van der Waals surface area contributed by atoms with E-state index >= 15 is 0 Å². The number of benzene rings is 1. The van der Waals surface area contributed by atoms with Crippen LogP contribution in [0, 0.1) is 3.57 Å². The van der Waals surface area contributed by atoms with E-state index in [-0.39, 0.29) is 5.52 Å². The normalized spacial score (nSPS) is 11.2. The lowest BCUT2D eigenvalue weighted by molar-refractivity contribution is 0.832.